The molecule has 0 atom stereocenters. The van der Waals surface area contributed by atoms with Crippen molar-refractivity contribution in [2.45, 2.75) is 6.92 Å². The minimum atomic E-state index is -0.140. The summed E-state index contributed by atoms with van der Waals surface area (Å²) in [5, 5.41) is 7.30. The molecule has 0 radical (unpaired) electrons. The Morgan fingerprint density at radius 3 is 2.55 bits per heavy atom. The average molecular weight is 291 g/mol. The van der Waals surface area contributed by atoms with Gasteiger partial charge in [-0.15, -0.1) is 0 Å². The van der Waals surface area contributed by atoms with Gasteiger partial charge in [0.25, 0.3) is 5.91 Å². The normalized spacial score (nSPS) is 10.5. The van der Waals surface area contributed by atoms with Gasteiger partial charge in [0.05, 0.1) is 11.3 Å². The number of hydrogen-bond donors (Lipinski definition) is 1. The molecule has 3 aromatic rings. The van der Waals surface area contributed by atoms with Crippen LogP contribution in [0.15, 0.2) is 60.8 Å². The van der Waals surface area contributed by atoms with Gasteiger partial charge in [0.2, 0.25) is 0 Å². The summed E-state index contributed by atoms with van der Waals surface area (Å²) >= 11 is 0. The van der Waals surface area contributed by atoms with E-state index >= 15 is 0 Å². The molecule has 0 spiro atoms. The Morgan fingerprint density at radius 2 is 1.86 bits per heavy atom. The Morgan fingerprint density at radius 1 is 1.09 bits per heavy atom. The van der Waals surface area contributed by atoms with Crippen molar-refractivity contribution in [1.29, 1.82) is 0 Å². The van der Waals surface area contributed by atoms with E-state index in [1.165, 1.54) is 0 Å². The van der Waals surface area contributed by atoms with Gasteiger partial charge < -0.3 is 5.32 Å². The van der Waals surface area contributed by atoms with Crippen molar-refractivity contribution < 1.29 is 4.79 Å². The lowest BCUT2D eigenvalue weighted by molar-refractivity contribution is 0.0963. The maximum Gasteiger partial charge on any atom is 0.254 e. The topological polar surface area (TPSA) is 46.9 Å². The van der Waals surface area contributed by atoms with Gasteiger partial charge in [0, 0.05) is 18.8 Å². The lowest BCUT2D eigenvalue weighted by atomic mass is 10.1. The fraction of sp³-hybridized carbons (Fsp3) is 0.111. The summed E-state index contributed by atoms with van der Waals surface area (Å²) in [6, 6.07) is 17.8. The quantitative estimate of drug-likeness (QED) is 0.805. The highest BCUT2D eigenvalue weighted by atomic mass is 16.1. The molecule has 1 N–H and O–H groups in total. The van der Waals surface area contributed by atoms with E-state index in [1.54, 1.807) is 17.9 Å². The second-order valence-electron chi connectivity index (χ2n) is 5.12. The summed E-state index contributed by atoms with van der Waals surface area (Å²) in [5.41, 5.74) is 4.25. The molecule has 0 aliphatic rings. The van der Waals surface area contributed by atoms with E-state index < -0.39 is 0 Å². The first-order valence-corrected chi connectivity index (χ1v) is 7.13. The number of carbonyl (C=O) groups excluding carboxylic acids is 1. The van der Waals surface area contributed by atoms with E-state index in [4.69, 9.17) is 0 Å². The summed E-state index contributed by atoms with van der Waals surface area (Å²) in [6.45, 7) is 2.03. The van der Waals surface area contributed by atoms with E-state index in [1.807, 2.05) is 61.5 Å². The third-order valence-corrected chi connectivity index (χ3v) is 3.50. The summed E-state index contributed by atoms with van der Waals surface area (Å²) in [5.74, 6) is -0.140. The highest BCUT2D eigenvalue weighted by Crippen LogP contribution is 2.24. The smallest absolute Gasteiger partial charge is 0.254 e. The molecule has 0 aliphatic heterocycles. The number of benzene rings is 2. The van der Waals surface area contributed by atoms with Crippen LogP contribution >= 0.6 is 0 Å². The molecule has 1 amide bonds. The molecule has 0 unspecified atom stereocenters. The number of nitrogens with zero attached hydrogens (tertiary/aromatic N) is 2. The molecule has 1 aromatic heterocycles. The summed E-state index contributed by atoms with van der Waals surface area (Å²) in [7, 11) is 1.63. The highest BCUT2D eigenvalue weighted by Gasteiger charge is 2.17. The van der Waals surface area contributed by atoms with Crippen molar-refractivity contribution in [1.82, 2.24) is 15.1 Å². The first kappa shape index (κ1) is 14.1. The van der Waals surface area contributed by atoms with Gasteiger partial charge in [-0.3, -0.25) is 4.79 Å². The molecule has 4 heteroatoms. The molecule has 110 valence electrons. The second kappa shape index (κ2) is 5.85. The largest absolute Gasteiger partial charge is 0.355 e. The predicted molar refractivity (Wildman–Crippen MR) is 87.1 cm³/mol. The molecule has 4 nitrogen and oxygen atoms in total. The van der Waals surface area contributed by atoms with Crippen molar-refractivity contribution in [3.63, 3.8) is 0 Å². The van der Waals surface area contributed by atoms with E-state index in [0.29, 0.717) is 11.3 Å². The van der Waals surface area contributed by atoms with Gasteiger partial charge >= 0.3 is 0 Å². The Kier molecular flexibility index (Phi) is 3.74. The Labute approximate surface area is 129 Å². The molecule has 22 heavy (non-hydrogen) atoms. The molecule has 0 fully saturated rings. The van der Waals surface area contributed by atoms with E-state index in [2.05, 4.69) is 10.4 Å². The van der Waals surface area contributed by atoms with Gasteiger partial charge in [-0.25, -0.2) is 4.68 Å². The van der Waals surface area contributed by atoms with Crippen molar-refractivity contribution >= 4 is 5.91 Å². The Bertz CT molecular complexity index is 806. The maximum absolute atomic E-state index is 12.2. The second-order valence-corrected chi connectivity index (χ2v) is 5.12. The number of carbonyl (C=O) groups is 1. The van der Waals surface area contributed by atoms with Crippen LogP contribution in [0.3, 0.4) is 0 Å². The number of hydrogen-bond acceptors (Lipinski definition) is 2. The minimum absolute atomic E-state index is 0.140. The van der Waals surface area contributed by atoms with Crippen molar-refractivity contribution in [2.75, 3.05) is 7.05 Å². The third kappa shape index (κ3) is 2.63. The first-order valence-electron chi connectivity index (χ1n) is 7.13. The number of para-hydroxylation sites is 1. The summed E-state index contributed by atoms with van der Waals surface area (Å²) in [4.78, 5) is 12.2. The molecule has 0 aliphatic carbocycles. The molecular formula is C18H17N3O. The molecule has 0 saturated heterocycles. The average Bonchev–Trinajstić information content (AvgIpc) is 3.00. The highest BCUT2D eigenvalue weighted by molar-refractivity contribution is 5.99. The van der Waals surface area contributed by atoms with Gasteiger partial charge in [0.15, 0.2) is 0 Å². The van der Waals surface area contributed by atoms with Crippen LogP contribution < -0.4 is 5.32 Å². The van der Waals surface area contributed by atoms with E-state index in [9.17, 15) is 4.79 Å². The molecule has 0 bridgehead atoms. The van der Waals surface area contributed by atoms with Crippen molar-refractivity contribution in [2.24, 2.45) is 0 Å². The van der Waals surface area contributed by atoms with Crippen LogP contribution in [0.25, 0.3) is 16.9 Å². The van der Waals surface area contributed by atoms with Crippen molar-refractivity contribution in [3.05, 3.63) is 71.9 Å². The van der Waals surface area contributed by atoms with Crippen LogP contribution in [0.4, 0.5) is 0 Å². The third-order valence-electron chi connectivity index (χ3n) is 3.50. The maximum atomic E-state index is 12.2. The van der Waals surface area contributed by atoms with Crippen LogP contribution in [0.1, 0.15) is 15.9 Å². The van der Waals surface area contributed by atoms with Crippen LogP contribution in [0, 0.1) is 6.92 Å². The number of rotatable bonds is 3. The lowest BCUT2D eigenvalue weighted by Crippen LogP contribution is -2.17. The van der Waals surface area contributed by atoms with Crippen LogP contribution in [0.2, 0.25) is 0 Å². The zero-order valence-electron chi connectivity index (χ0n) is 12.6. The molecular weight excluding hydrogens is 274 g/mol. The molecule has 1 heterocycles. The Hall–Kier alpha value is -2.88. The number of nitrogens with one attached hydrogen (secondary N) is 1. The van der Waals surface area contributed by atoms with Gasteiger partial charge in [-0.05, 0) is 25.1 Å². The standard InChI is InChI=1S/C18H17N3O/c1-13-7-6-8-14(11-13)17-16(18(22)19-2)12-21(20-17)15-9-4-3-5-10-15/h3-12H,1-2H3,(H,19,22). The van der Waals surface area contributed by atoms with Crippen LogP contribution in [0.5, 0.6) is 0 Å². The minimum Gasteiger partial charge on any atom is -0.355 e. The zero-order valence-corrected chi connectivity index (χ0v) is 12.6. The molecule has 3 rings (SSSR count). The van der Waals surface area contributed by atoms with Crippen molar-refractivity contribution in [3.8, 4) is 16.9 Å². The monoisotopic (exact) mass is 291 g/mol. The van der Waals surface area contributed by atoms with E-state index in [0.717, 1.165) is 16.8 Å². The van der Waals surface area contributed by atoms with Gasteiger partial charge in [-0.1, -0.05) is 42.0 Å². The number of aryl methyl sites for hydroxylation is 1. The van der Waals surface area contributed by atoms with Crippen LogP contribution in [-0.2, 0) is 0 Å². The fourth-order valence-electron chi connectivity index (χ4n) is 2.39. The fourth-order valence-corrected chi connectivity index (χ4v) is 2.39. The van der Waals surface area contributed by atoms with Gasteiger partial charge in [-0.2, -0.15) is 5.10 Å². The summed E-state index contributed by atoms with van der Waals surface area (Å²) in [6.07, 6.45) is 1.77. The number of aromatic nitrogens is 2. The van der Waals surface area contributed by atoms with Gasteiger partial charge in [0.1, 0.15) is 5.69 Å². The molecule has 2 aromatic carbocycles. The van der Waals surface area contributed by atoms with E-state index in [-0.39, 0.29) is 5.91 Å². The Balaban J connectivity index is 2.16. The first-order chi connectivity index (χ1) is 10.7. The number of amides is 1. The predicted octanol–water partition coefficient (Wildman–Crippen LogP) is 3.21. The zero-order chi connectivity index (χ0) is 15.5. The van der Waals surface area contributed by atoms with Crippen LogP contribution in [-0.4, -0.2) is 22.7 Å². The molecule has 0 saturated carbocycles. The lowest BCUT2D eigenvalue weighted by Gasteiger charge is -2.02. The SMILES string of the molecule is CNC(=O)c1cn(-c2ccccc2)nc1-c1cccc(C)c1. The summed E-state index contributed by atoms with van der Waals surface area (Å²) < 4.78 is 1.74.